The number of benzene rings is 1. The van der Waals surface area contributed by atoms with E-state index in [0.29, 0.717) is 16.5 Å². The number of carbonyl (C=O) groups excluding carboxylic acids is 1. The molecule has 0 saturated heterocycles. The lowest BCUT2D eigenvalue weighted by molar-refractivity contribution is -0.119. The smallest absolute Gasteiger partial charge is 0.227 e. The van der Waals surface area contributed by atoms with Gasteiger partial charge in [0, 0.05) is 23.0 Å². The fraction of sp³-hybridized carbons (Fsp3) is 0.500. The molecule has 1 aliphatic rings. The quantitative estimate of drug-likeness (QED) is 0.899. The number of rotatable bonds is 3. The Bertz CT molecular complexity index is 494. The van der Waals surface area contributed by atoms with Gasteiger partial charge in [-0.1, -0.05) is 11.6 Å². The van der Waals surface area contributed by atoms with Crippen LogP contribution in [0.1, 0.15) is 24.8 Å². The Morgan fingerprint density at radius 3 is 2.70 bits per heavy atom. The summed E-state index contributed by atoms with van der Waals surface area (Å²) in [6.45, 7) is 1.89. The number of anilines is 1. The number of halogens is 2. The molecule has 1 amide bonds. The first-order valence-electron chi connectivity index (χ1n) is 6.42. The molecule has 3 N–H and O–H groups in total. The average Bonchev–Trinajstić information content (AvgIpc) is 2.80. The van der Waals surface area contributed by atoms with Crippen molar-refractivity contribution in [2.24, 2.45) is 11.7 Å². The summed E-state index contributed by atoms with van der Waals surface area (Å²) in [5.41, 5.74) is 7.40. The van der Waals surface area contributed by atoms with Crippen LogP contribution in [0.2, 0.25) is 5.02 Å². The van der Waals surface area contributed by atoms with Gasteiger partial charge in [-0.2, -0.15) is 0 Å². The molecule has 20 heavy (non-hydrogen) atoms. The first kappa shape index (κ1) is 17.1. The van der Waals surface area contributed by atoms with Gasteiger partial charge in [0.05, 0.1) is 12.8 Å². The van der Waals surface area contributed by atoms with E-state index in [9.17, 15) is 4.79 Å². The topological polar surface area (TPSA) is 64.3 Å². The number of aryl methyl sites for hydroxylation is 1. The average molecular weight is 319 g/mol. The molecule has 0 aliphatic heterocycles. The summed E-state index contributed by atoms with van der Waals surface area (Å²) >= 11 is 6.04. The zero-order chi connectivity index (χ0) is 14.0. The van der Waals surface area contributed by atoms with Crippen LogP contribution in [0.4, 0.5) is 5.69 Å². The molecule has 1 aliphatic carbocycles. The highest BCUT2D eigenvalue weighted by molar-refractivity contribution is 6.31. The van der Waals surface area contributed by atoms with E-state index in [1.54, 1.807) is 13.2 Å². The lowest BCUT2D eigenvalue weighted by atomic mass is 10.1. The molecule has 1 fully saturated rings. The van der Waals surface area contributed by atoms with Gasteiger partial charge in [-0.3, -0.25) is 4.79 Å². The number of nitrogens with one attached hydrogen (secondary N) is 1. The predicted octanol–water partition coefficient (Wildman–Crippen LogP) is 3.14. The van der Waals surface area contributed by atoms with Crippen LogP contribution < -0.4 is 15.8 Å². The van der Waals surface area contributed by atoms with Crippen LogP contribution >= 0.6 is 24.0 Å². The van der Waals surface area contributed by atoms with Gasteiger partial charge in [0.25, 0.3) is 0 Å². The summed E-state index contributed by atoms with van der Waals surface area (Å²) in [5.74, 6) is 0.579. The fourth-order valence-electron chi connectivity index (χ4n) is 2.42. The highest BCUT2D eigenvalue weighted by Crippen LogP contribution is 2.32. The third-order valence-corrected chi connectivity index (χ3v) is 3.99. The third kappa shape index (κ3) is 3.78. The number of ether oxygens (including phenoxy) is 1. The molecule has 0 radical (unpaired) electrons. The van der Waals surface area contributed by atoms with Crippen LogP contribution in [-0.4, -0.2) is 19.1 Å². The second-order valence-corrected chi connectivity index (χ2v) is 5.47. The molecule has 1 saturated carbocycles. The molecule has 2 unspecified atom stereocenters. The van der Waals surface area contributed by atoms with Gasteiger partial charge in [0.1, 0.15) is 5.75 Å². The standard InChI is InChI=1S/C14H19ClN2O2.ClH/c1-8-5-12(13(19-2)7-11(8)15)17-14(18)9-3-4-10(16)6-9;/h5,7,9-10H,3-4,6,16H2,1-2H3,(H,17,18);1H. The first-order valence-corrected chi connectivity index (χ1v) is 6.79. The lowest BCUT2D eigenvalue weighted by Crippen LogP contribution is -2.23. The summed E-state index contributed by atoms with van der Waals surface area (Å²) in [4.78, 5) is 12.2. The molecule has 1 aromatic carbocycles. The van der Waals surface area contributed by atoms with E-state index >= 15 is 0 Å². The fourth-order valence-corrected chi connectivity index (χ4v) is 2.57. The molecular weight excluding hydrogens is 299 g/mol. The van der Waals surface area contributed by atoms with Crippen LogP contribution in [-0.2, 0) is 4.79 Å². The zero-order valence-corrected chi connectivity index (χ0v) is 13.2. The van der Waals surface area contributed by atoms with E-state index in [1.807, 2.05) is 13.0 Å². The van der Waals surface area contributed by atoms with Crippen molar-refractivity contribution in [3.63, 3.8) is 0 Å². The van der Waals surface area contributed by atoms with Gasteiger partial charge < -0.3 is 15.8 Å². The summed E-state index contributed by atoms with van der Waals surface area (Å²) in [7, 11) is 1.56. The SMILES string of the molecule is COc1cc(Cl)c(C)cc1NC(=O)C1CCC(N)C1.Cl. The Hall–Kier alpha value is -0.970. The normalized spacial score (nSPS) is 21.2. The molecule has 2 atom stereocenters. The number of amides is 1. The Balaban J connectivity index is 0.00000200. The first-order chi connectivity index (χ1) is 9.01. The minimum absolute atomic E-state index is 0. The second kappa shape index (κ2) is 7.16. The number of carbonyl (C=O) groups is 1. The van der Waals surface area contributed by atoms with Crippen LogP contribution in [0, 0.1) is 12.8 Å². The summed E-state index contributed by atoms with van der Waals surface area (Å²) in [5, 5.41) is 3.54. The maximum atomic E-state index is 12.2. The summed E-state index contributed by atoms with van der Waals surface area (Å²) in [6, 6.07) is 3.69. The predicted molar refractivity (Wildman–Crippen MR) is 83.9 cm³/mol. The van der Waals surface area contributed by atoms with Crippen molar-refractivity contribution < 1.29 is 9.53 Å². The van der Waals surface area contributed by atoms with E-state index in [-0.39, 0.29) is 30.3 Å². The van der Waals surface area contributed by atoms with Crippen LogP contribution in [0.3, 0.4) is 0 Å². The van der Waals surface area contributed by atoms with E-state index in [1.165, 1.54) is 0 Å². The lowest BCUT2D eigenvalue weighted by Gasteiger charge is -2.15. The van der Waals surface area contributed by atoms with Crippen LogP contribution in [0.15, 0.2) is 12.1 Å². The highest BCUT2D eigenvalue weighted by Gasteiger charge is 2.28. The van der Waals surface area contributed by atoms with Gasteiger partial charge in [0.2, 0.25) is 5.91 Å². The Labute approximate surface area is 130 Å². The molecule has 4 nitrogen and oxygen atoms in total. The number of hydrogen-bond donors (Lipinski definition) is 2. The monoisotopic (exact) mass is 318 g/mol. The number of hydrogen-bond acceptors (Lipinski definition) is 3. The van der Waals surface area contributed by atoms with E-state index < -0.39 is 0 Å². The molecular formula is C14H20Cl2N2O2. The molecule has 0 heterocycles. The summed E-state index contributed by atoms with van der Waals surface area (Å²) in [6.07, 6.45) is 2.51. The molecule has 0 bridgehead atoms. The van der Waals surface area contributed by atoms with Crippen LogP contribution in [0.5, 0.6) is 5.75 Å². The zero-order valence-electron chi connectivity index (χ0n) is 11.6. The van der Waals surface area contributed by atoms with Crippen molar-refractivity contribution in [2.75, 3.05) is 12.4 Å². The van der Waals surface area contributed by atoms with Crippen molar-refractivity contribution in [1.29, 1.82) is 0 Å². The van der Waals surface area contributed by atoms with Crippen molar-refractivity contribution in [3.05, 3.63) is 22.7 Å². The van der Waals surface area contributed by atoms with Gasteiger partial charge in [-0.05, 0) is 37.8 Å². The molecule has 0 spiro atoms. The maximum absolute atomic E-state index is 12.2. The molecule has 112 valence electrons. The Morgan fingerprint density at radius 2 is 2.15 bits per heavy atom. The van der Waals surface area contributed by atoms with Crippen molar-refractivity contribution in [2.45, 2.75) is 32.2 Å². The van der Waals surface area contributed by atoms with Crippen molar-refractivity contribution >= 4 is 35.6 Å². The Kier molecular flexibility index (Phi) is 6.11. The van der Waals surface area contributed by atoms with Gasteiger partial charge >= 0.3 is 0 Å². The second-order valence-electron chi connectivity index (χ2n) is 5.06. The Morgan fingerprint density at radius 1 is 1.45 bits per heavy atom. The minimum Gasteiger partial charge on any atom is -0.495 e. The highest BCUT2D eigenvalue weighted by atomic mass is 35.5. The maximum Gasteiger partial charge on any atom is 0.227 e. The van der Waals surface area contributed by atoms with E-state index in [2.05, 4.69) is 5.32 Å². The number of methoxy groups -OCH3 is 1. The summed E-state index contributed by atoms with van der Waals surface area (Å²) < 4.78 is 5.24. The van der Waals surface area contributed by atoms with Crippen LogP contribution in [0.25, 0.3) is 0 Å². The van der Waals surface area contributed by atoms with Gasteiger partial charge in [-0.15, -0.1) is 12.4 Å². The largest absolute Gasteiger partial charge is 0.495 e. The molecule has 1 aromatic rings. The number of nitrogens with two attached hydrogens (primary N) is 1. The molecule has 0 aromatic heterocycles. The minimum atomic E-state index is -0.00399. The molecule has 2 rings (SSSR count). The van der Waals surface area contributed by atoms with E-state index in [4.69, 9.17) is 22.1 Å². The van der Waals surface area contributed by atoms with Gasteiger partial charge in [-0.25, -0.2) is 0 Å². The molecule has 6 heteroatoms. The van der Waals surface area contributed by atoms with Gasteiger partial charge in [0.15, 0.2) is 0 Å². The van der Waals surface area contributed by atoms with E-state index in [0.717, 1.165) is 24.8 Å². The third-order valence-electron chi connectivity index (χ3n) is 3.58. The van der Waals surface area contributed by atoms with Crippen molar-refractivity contribution in [3.8, 4) is 5.75 Å². The van der Waals surface area contributed by atoms with Crippen molar-refractivity contribution in [1.82, 2.24) is 0 Å².